The average Bonchev–Trinajstić information content (AvgIpc) is 2.34. The van der Waals surface area contributed by atoms with E-state index in [9.17, 15) is 0 Å². The first-order valence-corrected chi connectivity index (χ1v) is 4.66. The van der Waals surface area contributed by atoms with E-state index in [2.05, 4.69) is 32.0 Å². The quantitative estimate of drug-likeness (QED) is 0.605. The number of hydrogen-bond acceptors (Lipinski definition) is 2. The molecule has 0 aromatic rings. The molecule has 1 heterocycles. The Morgan fingerprint density at radius 2 is 2.40 bits per heavy atom. The van der Waals surface area contributed by atoms with Crippen LogP contribution in [0.1, 0.15) is 19.8 Å². The van der Waals surface area contributed by atoms with E-state index >= 15 is 0 Å². The zero-order valence-electron chi connectivity index (χ0n) is 6.92. The van der Waals surface area contributed by atoms with Gasteiger partial charge in [0.2, 0.25) is 0 Å². The van der Waals surface area contributed by atoms with Crippen molar-refractivity contribution in [3.8, 4) is 0 Å². The monoisotopic (exact) mass is 157 g/mol. The van der Waals surface area contributed by atoms with Gasteiger partial charge in [-0.2, -0.15) is 0 Å². The Morgan fingerprint density at radius 3 is 2.70 bits per heavy atom. The lowest BCUT2D eigenvalue weighted by Gasteiger charge is -2.13. The molecule has 10 heavy (non-hydrogen) atoms. The molecule has 0 amide bonds. The highest BCUT2D eigenvalue weighted by molar-refractivity contribution is 8.03. The Balaban J connectivity index is 2.39. The van der Waals surface area contributed by atoms with E-state index in [-0.39, 0.29) is 0 Å². The highest BCUT2D eigenvalue weighted by Gasteiger charge is 2.16. The highest BCUT2D eigenvalue weighted by Crippen LogP contribution is 2.34. The molecule has 1 unspecified atom stereocenters. The number of allylic oxidation sites excluding steroid dienone is 1. The first-order valence-electron chi connectivity index (χ1n) is 3.78. The van der Waals surface area contributed by atoms with Crippen molar-refractivity contribution in [3.63, 3.8) is 0 Å². The van der Waals surface area contributed by atoms with Crippen LogP contribution < -0.4 is 0 Å². The largest absolute Gasteiger partial charge is 0.373 e. The molecule has 1 rings (SSSR count). The summed E-state index contributed by atoms with van der Waals surface area (Å²) in [6.07, 6.45) is 4.88. The summed E-state index contributed by atoms with van der Waals surface area (Å²) in [6, 6.07) is 0. The standard InChI is InChI=1S/C8H15NS/c1-4-7-5-6-8(10-7)9(2)3/h6-7H,4-5H2,1-3H3. The van der Waals surface area contributed by atoms with Gasteiger partial charge in [-0.1, -0.05) is 13.0 Å². The van der Waals surface area contributed by atoms with Crippen molar-refractivity contribution in [3.05, 3.63) is 11.1 Å². The van der Waals surface area contributed by atoms with Crippen LogP contribution in [0.25, 0.3) is 0 Å². The minimum atomic E-state index is 0.845. The fourth-order valence-corrected chi connectivity index (χ4v) is 2.14. The average molecular weight is 157 g/mol. The van der Waals surface area contributed by atoms with Gasteiger partial charge in [0.15, 0.2) is 0 Å². The molecular formula is C8H15NS. The predicted molar refractivity (Wildman–Crippen MR) is 48.1 cm³/mol. The van der Waals surface area contributed by atoms with Gasteiger partial charge in [-0.25, -0.2) is 0 Å². The summed E-state index contributed by atoms with van der Waals surface area (Å²) in [5, 5.41) is 2.28. The minimum Gasteiger partial charge on any atom is -0.373 e. The van der Waals surface area contributed by atoms with Gasteiger partial charge in [0.1, 0.15) is 0 Å². The molecule has 0 aromatic heterocycles. The topological polar surface area (TPSA) is 3.24 Å². The van der Waals surface area contributed by atoms with Crippen molar-refractivity contribution < 1.29 is 0 Å². The van der Waals surface area contributed by atoms with Crippen molar-refractivity contribution in [2.75, 3.05) is 14.1 Å². The molecule has 0 N–H and O–H groups in total. The summed E-state index contributed by atoms with van der Waals surface area (Å²) in [5.41, 5.74) is 0. The van der Waals surface area contributed by atoms with Crippen LogP contribution in [0.4, 0.5) is 0 Å². The van der Waals surface area contributed by atoms with E-state index in [1.165, 1.54) is 17.9 Å². The summed E-state index contributed by atoms with van der Waals surface area (Å²) < 4.78 is 0. The van der Waals surface area contributed by atoms with Gasteiger partial charge in [0.25, 0.3) is 0 Å². The van der Waals surface area contributed by atoms with Gasteiger partial charge in [-0.15, -0.1) is 11.8 Å². The van der Waals surface area contributed by atoms with Crippen LogP contribution in [0.15, 0.2) is 11.1 Å². The summed E-state index contributed by atoms with van der Waals surface area (Å²) >= 11 is 2.01. The summed E-state index contributed by atoms with van der Waals surface area (Å²) in [4.78, 5) is 2.19. The fraction of sp³-hybridized carbons (Fsp3) is 0.750. The lowest BCUT2D eigenvalue weighted by Crippen LogP contribution is -2.07. The van der Waals surface area contributed by atoms with Crippen molar-refractivity contribution in [1.82, 2.24) is 4.90 Å². The van der Waals surface area contributed by atoms with Crippen molar-refractivity contribution in [2.45, 2.75) is 25.0 Å². The van der Waals surface area contributed by atoms with Crippen LogP contribution >= 0.6 is 11.8 Å². The van der Waals surface area contributed by atoms with E-state index in [1.54, 1.807) is 0 Å². The molecule has 0 saturated carbocycles. The number of rotatable bonds is 2. The van der Waals surface area contributed by atoms with E-state index in [0.717, 1.165) is 5.25 Å². The Hall–Kier alpha value is -0.110. The van der Waals surface area contributed by atoms with Crippen LogP contribution in [0.5, 0.6) is 0 Å². The van der Waals surface area contributed by atoms with Gasteiger partial charge in [-0.3, -0.25) is 0 Å². The third-order valence-electron chi connectivity index (χ3n) is 1.74. The second kappa shape index (κ2) is 3.33. The molecule has 0 saturated heterocycles. The molecule has 2 heteroatoms. The molecule has 0 aromatic carbocycles. The Bertz CT molecular complexity index is 140. The SMILES string of the molecule is CCC1CC=C(N(C)C)S1. The van der Waals surface area contributed by atoms with Gasteiger partial charge in [0, 0.05) is 19.3 Å². The summed E-state index contributed by atoms with van der Waals surface area (Å²) in [6.45, 7) is 2.25. The van der Waals surface area contributed by atoms with Crippen LogP contribution in [0, 0.1) is 0 Å². The first kappa shape index (κ1) is 7.99. The van der Waals surface area contributed by atoms with Crippen molar-refractivity contribution in [2.24, 2.45) is 0 Å². The molecule has 0 spiro atoms. The van der Waals surface area contributed by atoms with Gasteiger partial charge >= 0.3 is 0 Å². The van der Waals surface area contributed by atoms with Crippen LogP contribution in [-0.4, -0.2) is 24.2 Å². The first-order chi connectivity index (χ1) is 4.74. The zero-order chi connectivity index (χ0) is 7.56. The second-order valence-electron chi connectivity index (χ2n) is 2.82. The zero-order valence-corrected chi connectivity index (χ0v) is 7.74. The third kappa shape index (κ3) is 1.69. The van der Waals surface area contributed by atoms with Crippen LogP contribution in [0.2, 0.25) is 0 Å². The minimum absolute atomic E-state index is 0.845. The van der Waals surface area contributed by atoms with Gasteiger partial charge in [-0.05, 0) is 12.8 Å². The van der Waals surface area contributed by atoms with Crippen LogP contribution in [-0.2, 0) is 0 Å². The Morgan fingerprint density at radius 1 is 1.70 bits per heavy atom. The Labute approximate surface area is 67.5 Å². The maximum atomic E-state index is 2.33. The molecule has 0 radical (unpaired) electrons. The molecule has 1 aliphatic rings. The van der Waals surface area contributed by atoms with Crippen molar-refractivity contribution >= 4 is 11.8 Å². The lowest BCUT2D eigenvalue weighted by molar-refractivity contribution is 0.550. The molecule has 0 bridgehead atoms. The van der Waals surface area contributed by atoms with Crippen LogP contribution in [0.3, 0.4) is 0 Å². The molecule has 1 atom stereocenters. The maximum absolute atomic E-state index is 2.33. The molecule has 1 aliphatic heterocycles. The van der Waals surface area contributed by atoms with Gasteiger partial charge < -0.3 is 4.90 Å². The van der Waals surface area contributed by atoms with E-state index in [4.69, 9.17) is 0 Å². The Kier molecular flexibility index (Phi) is 2.66. The molecular weight excluding hydrogens is 142 g/mol. The van der Waals surface area contributed by atoms with Gasteiger partial charge in [0.05, 0.1) is 5.03 Å². The highest BCUT2D eigenvalue weighted by atomic mass is 32.2. The second-order valence-corrected chi connectivity index (χ2v) is 4.14. The third-order valence-corrected chi connectivity index (χ3v) is 3.37. The number of nitrogens with zero attached hydrogens (tertiary/aromatic N) is 1. The van der Waals surface area contributed by atoms with E-state index < -0.39 is 0 Å². The van der Waals surface area contributed by atoms with Crippen molar-refractivity contribution in [1.29, 1.82) is 0 Å². The number of thioether (sulfide) groups is 1. The lowest BCUT2D eigenvalue weighted by atomic mass is 10.2. The molecule has 58 valence electrons. The smallest absolute Gasteiger partial charge is 0.0664 e. The maximum Gasteiger partial charge on any atom is 0.0664 e. The number of hydrogen-bond donors (Lipinski definition) is 0. The molecule has 1 nitrogen and oxygen atoms in total. The molecule has 0 aliphatic carbocycles. The molecule has 0 fully saturated rings. The fourth-order valence-electron chi connectivity index (χ4n) is 1.04. The van der Waals surface area contributed by atoms with E-state index in [1.807, 2.05) is 11.8 Å². The normalized spacial score (nSPS) is 24.7. The summed E-state index contributed by atoms with van der Waals surface area (Å²) in [7, 11) is 4.22. The van der Waals surface area contributed by atoms with E-state index in [0.29, 0.717) is 0 Å². The predicted octanol–water partition coefficient (Wildman–Crippen LogP) is 2.30. The summed E-state index contributed by atoms with van der Waals surface area (Å²) in [5.74, 6) is 0.